The van der Waals surface area contributed by atoms with Crippen LogP contribution < -0.4 is 10.6 Å². The zero-order valence-electron chi connectivity index (χ0n) is 12.6. The fraction of sp³-hybridized carbons (Fsp3) is 0.333. The number of nitrogens with two attached hydrogens (primary N) is 1. The molecule has 0 amide bonds. The van der Waals surface area contributed by atoms with Crippen LogP contribution in [0.3, 0.4) is 0 Å². The first kappa shape index (κ1) is 14.6. The van der Waals surface area contributed by atoms with Gasteiger partial charge >= 0.3 is 0 Å². The van der Waals surface area contributed by atoms with Crippen LogP contribution >= 0.6 is 0 Å². The van der Waals surface area contributed by atoms with E-state index in [2.05, 4.69) is 74.4 Å². The number of rotatable bonds is 5. The number of hydrogen-bond donors (Lipinski definition) is 1. The normalized spacial score (nSPS) is 12.2. The predicted octanol–water partition coefficient (Wildman–Crippen LogP) is 3.35. The van der Waals surface area contributed by atoms with E-state index in [1.807, 2.05) is 0 Å². The number of benzene rings is 2. The number of nitrogens with zero attached hydrogens (tertiary/aromatic N) is 1. The van der Waals surface area contributed by atoms with Gasteiger partial charge in [0.1, 0.15) is 0 Å². The Morgan fingerprint density at radius 2 is 1.80 bits per heavy atom. The minimum absolute atomic E-state index is 0.383. The Kier molecular flexibility index (Phi) is 4.80. The molecule has 2 aromatic rings. The average Bonchev–Trinajstić information content (AvgIpc) is 2.46. The van der Waals surface area contributed by atoms with Crippen LogP contribution in [0.1, 0.15) is 22.6 Å². The van der Waals surface area contributed by atoms with Gasteiger partial charge in [0.15, 0.2) is 0 Å². The Balaban J connectivity index is 2.23. The maximum absolute atomic E-state index is 6.01. The highest BCUT2D eigenvalue weighted by Crippen LogP contribution is 2.24. The van der Waals surface area contributed by atoms with Gasteiger partial charge in [0.2, 0.25) is 0 Å². The van der Waals surface area contributed by atoms with E-state index in [9.17, 15) is 0 Å². The highest BCUT2D eigenvalue weighted by atomic mass is 15.1. The van der Waals surface area contributed by atoms with Crippen LogP contribution in [0.15, 0.2) is 48.5 Å². The van der Waals surface area contributed by atoms with Crippen molar-refractivity contribution in [1.82, 2.24) is 0 Å². The summed E-state index contributed by atoms with van der Waals surface area (Å²) < 4.78 is 0. The molecule has 0 spiro atoms. The molecule has 2 rings (SSSR count). The molecule has 106 valence electrons. The van der Waals surface area contributed by atoms with E-state index in [0.717, 1.165) is 6.42 Å². The number of anilines is 1. The van der Waals surface area contributed by atoms with Crippen LogP contribution in [0.2, 0.25) is 0 Å². The van der Waals surface area contributed by atoms with Crippen molar-refractivity contribution >= 4 is 5.69 Å². The predicted molar refractivity (Wildman–Crippen MR) is 87.4 cm³/mol. The summed E-state index contributed by atoms with van der Waals surface area (Å²) in [6, 6.07) is 17.2. The highest BCUT2D eigenvalue weighted by Gasteiger charge is 2.13. The number of hydrogen-bond acceptors (Lipinski definition) is 2. The lowest BCUT2D eigenvalue weighted by molar-refractivity contribution is 0.690. The smallest absolute Gasteiger partial charge is 0.0363 e. The van der Waals surface area contributed by atoms with Gasteiger partial charge in [-0.3, -0.25) is 0 Å². The Labute approximate surface area is 122 Å². The van der Waals surface area contributed by atoms with E-state index in [-0.39, 0.29) is 0 Å². The van der Waals surface area contributed by atoms with E-state index in [4.69, 9.17) is 5.73 Å². The van der Waals surface area contributed by atoms with E-state index >= 15 is 0 Å². The minimum atomic E-state index is 0.383. The van der Waals surface area contributed by atoms with Crippen LogP contribution in [0.5, 0.6) is 0 Å². The van der Waals surface area contributed by atoms with Crippen molar-refractivity contribution in [1.29, 1.82) is 0 Å². The lowest BCUT2D eigenvalue weighted by atomic mass is 9.89. The second-order valence-electron chi connectivity index (χ2n) is 5.56. The molecule has 2 aromatic carbocycles. The van der Waals surface area contributed by atoms with E-state index < -0.39 is 0 Å². The van der Waals surface area contributed by atoms with Crippen molar-refractivity contribution in [3.63, 3.8) is 0 Å². The summed E-state index contributed by atoms with van der Waals surface area (Å²) in [5.74, 6) is 0.383. The molecule has 2 heteroatoms. The SMILES string of the molecule is Cc1ccccc1C(CN)Cc1cccc(N(C)C)c1. The fourth-order valence-corrected chi connectivity index (χ4v) is 2.61. The molecular weight excluding hydrogens is 244 g/mol. The van der Waals surface area contributed by atoms with Crippen LogP contribution in [-0.4, -0.2) is 20.6 Å². The van der Waals surface area contributed by atoms with Gasteiger partial charge in [-0.25, -0.2) is 0 Å². The van der Waals surface area contributed by atoms with Gasteiger partial charge in [0.05, 0.1) is 0 Å². The quantitative estimate of drug-likeness (QED) is 0.901. The lowest BCUT2D eigenvalue weighted by Crippen LogP contribution is -2.16. The maximum Gasteiger partial charge on any atom is 0.0363 e. The fourth-order valence-electron chi connectivity index (χ4n) is 2.61. The van der Waals surface area contributed by atoms with Gasteiger partial charge in [-0.2, -0.15) is 0 Å². The van der Waals surface area contributed by atoms with Gasteiger partial charge in [-0.15, -0.1) is 0 Å². The van der Waals surface area contributed by atoms with Crippen molar-refractivity contribution in [2.24, 2.45) is 5.73 Å². The minimum Gasteiger partial charge on any atom is -0.378 e. The first-order valence-corrected chi connectivity index (χ1v) is 7.13. The second kappa shape index (κ2) is 6.58. The standard InChI is InChI=1S/C18H24N2/c1-14-7-4-5-10-18(14)16(13-19)11-15-8-6-9-17(12-15)20(2)3/h4-10,12,16H,11,13,19H2,1-3H3. The van der Waals surface area contributed by atoms with Crippen molar-refractivity contribution in [3.8, 4) is 0 Å². The highest BCUT2D eigenvalue weighted by molar-refractivity contribution is 5.47. The molecule has 0 aliphatic heterocycles. The molecule has 0 aliphatic rings. The molecule has 1 unspecified atom stereocenters. The third-order valence-electron chi connectivity index (χ3n) is 3.82. The van der Waals surface area contributed by atoms with E-state index in [1.165, 1.54) is 22.4 Å². The van der Waals surface area contributed by atoms with Crippen LogP contribution in [0, 0.1) is 6.92 Å². The molecule has 0 radical (unpaired) electrons. The first-order chi connectivity index (χ1) is 9.61. The molecule has 2 nitrogen and oxygen atoms in total. The van der Waals surface area contributed by atoms with Gasteiger partial charge in [0.25, 0.3) is 0 Å². The first-order valence-electron chi connectivity index (χ1n) is 7.13. The summed E-state index contributed by atoms with van der Waals surface area (Å²) in [4.78, 5) is 2.13. The Morgan fingerprint density at radius 3 is 2.45 bits per heavy atom. The molecular formula is C18H24N2. The number of aryl methyl sites for hydroxylation is 1. The Bertz CT molecular complexity index is 561. The van der Waals surface area contributed by atoms with Crippen molar-refractivity contribution in [3.05, 3.63) is 65.2 Å². The summed E-state index contributed by atoms with van der Waals surface area (Å²) in [6.45, 7) is 2.84. The summed E-state index contributed by atoms with van der Waals surface area (Å²) in [5.41, 5.74) is 11.3. The monoisotopic (exact) mass is 268 g/mol. The summed E-state index contributed by atoms with van der Waals surface area (Å²) in [6.07, 6.45) is 0.989. The van der Waals surface area contributed by atoms with Crippen molar-refractivity contribution in [2.75, 3.05) is 25.5 Å². The third kappa shape index (κ3) is 3.40. The molecule has 0 aromatic heterocycles. The molecule has 0 saturated carbocycles. The second-order valence-corrected chi connectivity index (χ2v) is 5.56. The van der Waals surface area contributed by atoms with Gasteiger partial charge in [0, 0.05) is 25.7 Å². The molecule has 0 bridgehead atoms. The average molecular weight is 268 g/mol. The third-order valence-corrected chi connectivity index (χ3v) is 3.82. The zero-order valence-corrected chi connectivity index (χ0v) is 12.6. The Hall–Kier alpha value is -1.80. The summed E-state index contributed by atoms with van der Waals surface area (Å²) in [7, 11) is 4.14. The zero-order chi connectivity index (χ0) is 14.5. The molecule has 1 atom stereocenters. The largest absolute Gasteiger partial charge is 0.378 e. The van der Waals surface area contributed by atoms with Crippen molar-refractivity contribution in [2.45, 2.75) is 19.3 Å². The van der Waals surface area contributed by atoms with Gasteiger partial charge in [-0.05, 0) is 48.7 Å². The van der Waals surface area contributed by atoms with Crippen LogP contribution in [0.25, 0.3) is 0 Å². The molecule has 2 N–H and O–H groups in total. The van der Waals surface area contributed by atoms with Crippen LogP contribution in [0.4, 0.5) is 5.69 Å². The summed E-state index contributed by atoms with van der Waals surface area (Å²) in [5, 5.41) is 0. The van der Waals surface area contributed by atoms with Gasteiger partial charge in [-0.1, -0.05) is 36.4 Å². The van der Waals surface area contributed by atoms with E-state index in [1.54, 1.807) is 0 Å². The lowest BCUT2D eigenvalue weighted by Gasteiger charge is -2.19. The molecule has 0 aliphatic carbocycles. The molecule has 0 heterocycles. The molecule has 0 fully saturated rings. The van der Waals surface area contributed by atoms with Gasteiger partial charge < -0.3 is 10.6 Å². The molecule has 0 saturated heterocycles. The van der Waals surface area contributed by atoms with E-state index in [0.29, 0.717) is 12.5 Å². The van der Waals surface area contributed by atoms with Crippen molar-refractivity contribution < 1.29 is 0 Å². The maximum atomic E-state index is 6.01. The molecule has 20 heavy (non-hydrogen) atoms. The topological polar surface area (TPSA) is 29.3 Å². The summed E-state index contributed by atoms with van der Waals surface area (Å²) >= 11 is 0. The van der Waals surface area contributed by atoms with Crippen LogP contribution in [-0.2, 0) is 6.42 Å². The Morgan fingerprint density at radius 1 is 1.05 bits per heavy atom.